The highest BCUT2D eigenvalue weighted by Crippen LogP contribution is 2.25. The molecule has 130 valence electrons. The number of hydrogen-bond donors (Lipinski definition) is 1. The van der Waals surface area contributed by atoms with Crippen molar-refractivity contribution in [2.75, 3.05) is 39.3 Å². The van der Waals surface area contributed by atoms with Crippen LogP contribution in [-0.4, -0.2) is 58.8 Å². The van der Waals surface area contributed by atoms with Crippen LogP contribution >= 0.6 is 0 Å². The fourth-order valence-electron chi connectivity index (χ4n) is 3.83. The monoisotopic (exact) mass is 329 g/mol. The van der Waals surface area contributed by atoms with Gasteiger partial charge in [-0.2, -0.15) is 0 Å². The Bertz CT molecular complexity index is 658. The molecule has 0 saturated carbocycles. The predicted octanol–water partition coefficient (Wildman–Crippen LogP) is 2.22. The standard InChI is InChI=1S/C18H27N5O/c1-2-8-22(9-3-1)10-11-24-18-12-17-16(13-20-18)21-14-23(17)15-4-6-19-7-5-15/h12-15,19H,1-11H2. The third kappa shape index (κ3) is 3.54. The smallest absolute Gasteiger partial charge is 0.215 e. The quantitative estimate of drug-likeness (QED) is 0.911. The second kappa shape index (κ2) is 7.49. The number of nitrogens with one attached hydrogen (secondary N) is 1. The first-order chi connectivity index (χ1) is 11.9. The molecule has 0 bridgehead atoms. The van der Waals surface area contributed by atoms with Crippen LogP contribution in [0.3, 0.4) is 0 Å². The third-order valence-corrected chi connectivity index (χ3v) is 5.24. The molecule has 6 nitrogen and oxygen atoms in total. The van der Waals surface area contributed by atoms with Gasteiger partial charge in [-0.15, -0.1) is 0 Å². The highest BCUT2D eigenvalue weighted by Gasteiger charge is 2.17. The molecule has 2 aromatic rings. The number of likely N-dealkylation sites (tertiary alicyclic amines) is 1. The molecule has 0 spiro atoms. The molecule has 2 aliphatic rings. The van der Waals surface area contributed by atoms with E-state index in [-0.39, 0.29) is 0 Å². The fraction of sp³-hybridized carbons (Fsp3) is 0.667. The summed E-state index contributed by atoms with van der Waals surface area (Å²) in [6.45, 7) is 6.27. The maximum atomic E-state index is 5.92. The number of pyridine rings is 1. The molecule has 0 radical (unpaired) electrons. The summed E-state index contributed by atoms with van der Waals surface area (Å²) in [4.78, 5) is 11.4. The van der Waals surface area contributed by atoms with E-state index < -0.39 is 0 Å². The summed E-state index contributed by atoms with van der Waals surface area (Å²) >= 11 is 0. The summed E-state index contributed by atoms with van der Waals surface area (Å²) in [5.41, 5.74) is 2.10. The minimum Gasteiger partial charge on any atom is -0.476 e. The van der Waals surface area contributed by atoms with Gasteiger partial charge < -0.3 is 14.6 Å². The minimum absolute atomic E-state index is 0.528. The summed E-state index contributed by atoms with van der Waals surface area (Å²) < 4.78 is 8.22. The topological polar surface area (TPSA) is 55.2 Å². The summed E-state index contributed by atoms with van der Waals surface area (Å²) in [6.07, 6.45) is 10.1. The van der Waals surface area contributed by atoms with Gasteiger partial charge in [-0.1, -0.05) is 6.42 Å². The summed E-state index contributed by atoms with van der Waals surface area (Å²) in [7, 11) is 0. The van der Waals surface area contributed by atoms with E-state index in [2.05, 4.69) is 30.8 Å². The van der Waals surface area contributed by atoms with Gasteiger partial charge in [0.25, 0.3) is 0 Å². The highest BCUT2D eigenvalue weighted by molar-refractivity contribution is 5.75. The van der Waals surface area contributed by atoms with Crippen molar-refractivity contribution in [2.24, 2.45) is 0 Å². The molecule has 0 aliphatic carbocycles. The van der Waals surface area contributed by atoms with E-state index in [1.165, 1.54) is 32.4 Å². The maximum absolute atomic E-state index is 5.92. The first-order valence-corrected chi connectivity index (χ1v) is 9.28. The summed E-state index contributed by atoms with van der Waals surface area (Å²) in [5.74, 6) is 0.718. The molecule has 0 unspecified atom stereocenters. The molecule has 2 saturated heterocycles. The van der Waals surface area contributed by atoms with Crippen LogP contribution in [0.5, 0.6) is 5.88 Å². The normalized spacial score (nSPS) is 20.5. The van der Waals surface area contributed by atoms with Gasteiger partial charge in [-0.25, -0.2) is 9.97 Å². The van der Waals surface area contributed by atoms with Crippen molar-refractivity contribution in [1.29, 1.82) is 0 Å². The lowest BCUT2D eigenvalue weighted by Gasteiger charge is -2.26. The van der Waals surface area contributed by atoms with Crippen molar-refractivity contribution >= 4 is 11.0 Å². The van der Waals surface area contributed by atoms with Crippen molar-refractivity contribution in [1.82, 2.24) is 24.8 Å². The number of nitrogens with zero attached hydrogens (tertiary/aromatic N) is 4. The van der Waals surface area contributed by atoms with E-state index >= 15 is 0 Å². The van der Waals surface area contributed by atoms with E-state index in [0.717, 1.165) is 49.4 Å². The summed E-state index contributed by atoms with van der Waals surface area (Å²) in [6, 6.07) is 2.58. The average molecular weight is 329 g/mol. The average Bonchev–Trinajstić information content (AvgIpc) is 3.07. The first kappa shape index (κ1) is 15.8. The van der Waals surface area contributed by atoms with E-state index in [1.54, 1.807) is 0 Å². The lowest BCUT2D eigenvalue weighted by Crippen LogP contribution is -2.33. The second-order valence-electron chi connectivity index (χ2n) is 6.90. The molecule has 4 rings (SSSR count). The zero-order chi connectivity index (χ0) is 16.2. The highest BCUT2D eigenvalue weighted by atomic mass is 16.5. The van der Waals surface area contributed by atoms with Crippen LogP contribution in [0, 0.1) is 0 Å². The van der Waals surface area contributed by atoms with E-state index in [0.29, 0.717) is 12.6 Å². The van der Waals surface area contributed by atoms with Gasteiger partial charge in [0.05, 0.1) is 18.0 Å². The molecular weight excluding hydrogens is 302 g/mol. The van der Waals surface area contributed by atoms with Gasteiger partial charge in [-0.3, -0.25) is 4.90 Å². The number of imidazole rings is 1. The number of ether oxygens (including phenoxy) is 1. The minimum atomic E-state index is 0.528. The van der Waals surface area contributed by atoms with Crippen LogP contribution in [0.25, 0.3) is 11.0 Å². The van der Waals surface area contributed by atoms with E-state index in [9.17, 15) is 0 Å². The summed E-state index contributed by atoms with van der Waals surface area (Å²) in [5, 5.41) is 3.42. The molecule has 0 aromatic carbocycles. The van der Waals surface area contributed by atoms with Crippen molar-refractivity contribution in [3.63, 3.8) is 0 Å². The first-order valence-electron chi connectivity index (χ1n) is 9.28. The Morgan fingerprint density at radius 2 is 1.96 bits per heavy atom. The van der Waals surface area contributed by atoms with Gasteiger partial charge in [0.2, 0.25) is 5.88 Å². The van der Waals surface area contributed by atoms with Gasteiger partial charge >= 0.3 is 0 Å². The molecule has 4 heterocycles. The van der Waals surface area contributed by atoms with Crippen LogP contribution in [-0.2, 0) is 0 Å². The Balaban J connectivity index is 1.41. The molecule has 1 N–H and O–H groups in total. The molecule has 2 fully saturated rings. The Hall–Kier alpha value is -1.66. The molecule has 24 heavy (non-hydrogen) atoms. The zero-order valence-electron chi connectivity index (χ0n) is 14.3. The van der Waals surface area contributed by atoms with Gasteiger partial charge in [0.15, 0.2) is 0 Å². The number of fused-ring (bicyclic) bond motifs is 1. The van der Waals surface area contributed by atoms with E-state index in [1.807, 2.05) is 12.5 Å². The maximum Gasteiger partial charge on any atom is 0.215 e. The van der Waals surface area contributed by atoms with Crippen LogP contribution in [0.4, 0.5) is 0 Å². The largest absolute Gasteiger partial charge is 0.476 e. The molecule has 6 heteroatoms. The number of hydrogen-bond acceptors (Lipinski definition) is 5. The molecule has 2 aliphatic heterocycles. The van der Waals surface area contributed by atoms with Gasteiger partial charge in [0, 0.05) is 18.7 Å². The van der Waals surface area contributed by atoms with Crippen LogP contribution in [0.1, 0.15) is 38.1 Å². The Labute approximate surface area is 143 Å². The van der Waals surface area contributed by atoms with Crippen LogP contribution in [0.2, 0.25) is 0 Å². The van der Waals surface area contributed by atoms with Gasteiger partial charge in [0.1, 0.15) is 12.1 Å². The number of rotatable bonds is 5. The Kier molecular flexibility index (Phi) is 4.94. The van der Waals surface area contributed by atoms with Crippen LogP contribution < -0.4 is 10.1 Å². The molecule has 0 atom stereocenters. The fourth-order valence-corrected chi connectivity index (χ4v) is 3.83. The van der Waals surface area contributed by atoms with E-state index in [4.69, 9.17) is 4.74 Å². The van der Waals surface area contributed by atoms with Crippen molar-refractivity contribution in [3.05, 3.63) is 18.6 Å². The molecular formula is C18H27N5O. The Morgan fingerprint density at radius 3 is 2.79 bits per heavy atom. The predicted molar refractivity (Wildman–Crippen MR) is 94.5 cm³/mol. The second-order valence-corrected chi connectivity index (χ2v) is 6.90. The number of piperidine rings is 2. The third-order valence-electron chi connectivity index (χ3n) is 5.24. The molecule has 2 aromatic heterocycles. The zero-order valence-corrected chi connectivity index (χ0v) is 14.3. The lowest BCUT2D eigenvalue weighted by atomic mass is 10.1. The van der Waals surface area contributed by atoms with Crippen molar-refractivity contribution < 1.29 is 4.74 Å². The van der Waals surface area contributed by atoms with Crippen molar-refractivity contribution in [2.45, 2.75) is 38.1 Å². The van der Waals surface area contributed by atoms with Gasteiger partial charge in [-0.05, 0) is 51.9 Å². The van der Waals surface area contributed by atoms with Crippen LogP contribution in [0.15, 0.2) is 18.6 Å². The SMILES string of the molecule is c1nc(OCCN2CCCCC2)cc2c1ncn2C1CCNCC1. The lowest BCUT2D eigenvalue weighted by molar-refractivity contribution is 0.180. The number of aromatic nitrogens is 3. The van der Waals surface area contributed by atoms with Crippen molar-refractivity contribution in [3.8, 4) is 5.88 Å². The molecule has 0 amide bonds. The Morgan fingerprint density at radius 1 is 1.12 bits per heavy atom.